The second-order valence-electron chi connectivity index (χ2n) is 9.94. The number of sulfonamides is 1. The van der Waals surface area contributed by atoms with Gasteiger partial charge in [-0.2, -0.15) is 9.40 Å². The molecule has 0 unspecified atom stereocenters. The zero-order chi connectivity index (χ0) is 30.1. The number of aromatic nitrogens is 4. The van der Waals surface area contributed by atoms with Gasteiger partial charge in [0.2, 0.25) is 15.9 Å². The molecule has 6 rings (SSSR count). The number of rotatable bonds is 8. The van der Waals surface area contributed by atoms with Gasteiger partial charge in [0.25, 0.3) is 17.5 Å². The minimum atomic E-state index is -3.73. The summed E-state index contributed by atoms with van der Waals surface area (Å²) in [5, 5.41) is 13.7. The lowest BCUT2D eigenvalue weighted by Gasteiger charge is -2.34. The van der Waals surface area contributed by atoms with Crippen molar-refractivity contribution in [3.8, 4) is 22.6 Å². The summed E-state index contributed by atoms with van der Waals surface area (Å²) < 4.78 is 61.2. The van der Waals surface area contributed by atoms with Gasteiger partial charge < -0.3 is 9.32 Å². The number of amides is 1. The third-order valence-electron chi connectivity index (χ3n) is 7.19. The van der Waals surface area contributed by atoms with E-state index in [1.807, 2.05) is 36.4 Å². The average molecular weight is 625 g/mol. The summed E-state index contributed by atoms with van der Waals surface area (Å²) in [4.78, 5) is 14.6. The van der Waals surface area contributed by atoms with Gasteiger partial charge in [0.1, 0.15) is 5.69 Å². The highest BCUT2D eigenvalue weighted by atomic mass is 32.2. The fourth-order valence-corrected chi connectivity index (χ4v) is 7.03. The molecule has 222 valence electrons. The number of thioether (sulfide) groups is 1. The maximum Gasteiger partial charge on any atom is 0.282 e. The van der Waals surface area contributed by atoms with E-state index in [1.54, 1.807) is 29.2 Å². The number of nitrogens with zero attached hydrogens (tertiary/aromatic N) is 6. The van der Waals surface area contributed by atoms with Crippen LogP contribution in [0.3, 0.4) is 0 Å². The van der Waals surface area contributed by atoms with Gasteiger partial charge in [0, 0.05) is 39.4 Å². The molecule has 1 aliphatic heterocycles. The molecule has 1 fully saturated rings. The Bertz CT molecular complexity index is 1880. The van der Waals surface area contributed by atoms with E-state index in [9.17, 15) is 22.0 Å². The molecule has 0 spiro atoms. The van der Waals surface area contributed by atoms with E-state index in [4.69, 9.17) is 4.42 Å². The molecule has 43 heavy (non-hydrogen) atoms. The highest BCUT2D eigenvalue weighted by Gasteiger charge is 2.30. The van der Waals surface area contributed by atoms with Crippen LogP contribution in [0, 0.1) is 0 Å². The molecule has 0 aliphatic carbocycles. The van der Waals surface area contributed by atoms with Gasteiger partial charge >= 0.3 is 0 Å². The summed E-state index contributed by atoms with van der Waals surface area (Å²) in [5.74, 6) is -0.363. The van der Waals surface area contributed by atoms with Gasteiger partial charge in [-0.25, -0.2) is 17.2 Å². The summed E-state index contributed by atoms with van der Waals surface area (Å²) in [5.41, 5.74) is 1.48. The van der Waals surface area contributed by atoms with Crippen LogP contribution in [0.25, 0.3) is 33.4 Å². The zero-order valence-corrected chi connectivity index (χ0v) is 24.6. The molecular formula is C29H26F2N6O4S2. The van der Waals surface area contributed by atoms with Crippen LogP contribution in [-0.4, -0.2) is 75.4 Å². The van der Waals surface area contributed by atoms with Crippen molar-refractivity contribution in [1.82, 2.24) is 29.2 Å². The van der Waals surface area contributed by atoms with Crippen molar-refractivity contribution >= 4 is 38.5 Å². The molecule has 3 aromatic carbocycles. The third kappa shape index (κ3) is 6.03. The first-order valence-electron chi connectivity index (χ1n) is 13.3. The molecule has 1 amide bonds. The average Bonchev–Trinajstić information content (AvgIpc) is 3.66. The van der Waals surface area contributed by atoms with Crippen molar-refractivity contribution in [3.63, 3.8) is 0 Å². The number of alkyl halides is 2. The molecule has 10 nitrogen and oxygen atoms in total. The van der Waals surface area contributed by atoms with Crippen molar-refractivity contribution < 1.29 is 26.4 Å². The van der Waals surface area contributed by atoms with Gasteiger partial charge in [0.05, 0.1) is 16.2 Å². The lowest BCUT2D eigenvalue weighted by atomic mass is 10.0. The number of hydrogen-bond donors (Lipinski definition) is 0. The number of hydrogen-bond acceptors (Lipinski definition) is 8. The van der Waals surface area contributed by atoms with E-state index < -0.39 is 22.1 Å². The van der Waals surface area contributed by atoms with Crippen molar-refractivity contribution in [2.75, 3.05) is 31.9 Å². The quantitative estimate of drug-likeness (QED) is 0.225. The maximum absolute atomic E-state index is 13.3. The highest BCUT2D eigenvalue weighted by molar-refractivity contribution is 7.99. The second-order valence-corrected chi connectivity index (χ2v) is 12.8. The molecule has 0 radical (unpaired) electrons. The first kappa shape index (κ1) is 29.0. The minimum absolute atomic E-state index is 0.0284. The number of halogens is 2. The maximum atomic E-state index is 13.3. The first-order valence-corrected chi connectivity index (χ1v) is 15.8. The van der Waals surface area contributed by atoms with Crippen LogP contribution in [0.4, 0.5) is 8.78 Å². The Morgan fingerprint density at radius 2 is 1.65 bits per heavy atom. The van der Waals surface area contributed by atoms with Crippen molar-refractivity contribution in [2.45, 2.75) is 16.5 Å². The predicted octanol–water partition coefficient (Wildman–Crippen LogP) is 4.85. The molecule has 1 saturated heterocycles. The number of piperazine rings is 1. The Balaban J connectivity index is 1.04. The largest absolute Gasteiger partial charge is 0.411 e. The zero-order valence-electron chi connectivity index (χ0n) is 22.9. The lowest BCUT2D eigenvalue weighted by molar-refractivity contribution is -0.129. The number of benzene rings is 3. The number of aryl methyl sites for hydroxylation is 1. The summed E-state index contributed by atoms with van der Waals surface area (Å²) in [6.45, 7) is 0.785. The molecule has 1 aliphatic rings. The van der Waals surface area contributed by atoms with Crippen LogP contribution in [-0.2, 0) is 21.9 Å². The molecule has 14 heteroatoms. The van der Waals surface area contributed by atoms with E-state index in [2.05, 4.69) is 21.4 Å². The first-order chi connectivity index (χ1) is 20.7. The van der Waals surface area contributed by atoms with Crippen LogP contribution in [0.5, 0.6) is 0 Å². The number of carbonyl (C=O) groups excluding carboxylic acids is 1. The molecule has 5 aromatic rings. The molecule has 2 aromatic heterocycles. The van der Waals surface area contributed by atoms with Crippen molar-refractivity contribution in [2.24, 2.45) is 7.05 Å². The Morgan fingerprint density at radius 1 is 0.953 bits per heavy atom. The van der Waals surface area contributed by atoms with E-state index in [0.29, 0.717) is 0 Å². The smallest absolute Gasteiger partial charge is 0.282 e. The van der Waals surface area contributed by atoms with Gasteiger partial charge in [0.15, 0.2) is 0 Å². The van der Waals surface area contributed by atoms with Gasteiger partial charge in [-0.3, -0.25) is 9.48 Å². The Kier molecular flexibility index (Phi) is 7.99. The van der Waals surface area contributed by atoms with Crippen LogP contribution in [0.15, 0.2) is 87.5 Å². The predicted molar refractivity (Wildman–Crippen MR) is 157 cm³/mol. The Hall–Kier alpha value is -4.14. The van der Waals surface area contributed by atoms with Gasteiger partial charge in [-0.05, 0) is 40.1 Å². The van der Waals surface area contributed by atoms with Crippen LogP contribution in [0.2, 0.25) is 0 Å². The Morgan fingerprint density at radius 3 is 2.37 bits per heavy atom. The summed E-state index contributed by atoms with van der Waals surface area (Å²) in [6, 6.07) is 21.0. The van der Waals surface area contributed by atoms with E-state index >= 15 is 0 Å². The van der Waals surface area contributed by atoms with Crippen LogP contribution < -0.4 is 0 Å². The van der Waals surface area contributed by atoms with Crippen LogP contribution >= 0.6 is 11.8 Å². The Labute approximate surface area is 250 Å². The van der Waals surface area contributed by atoms with E-state index in [1.165, 1.54) is 22.2 Å². The van der Waals surface area contributed by atoms with Crippen LogP contribution in [0.1, 0.15) is 12.1 Å². The summed E-state index contributed by atoms with van der Waals surface area (Å²) in [7, 11) is -2.23. The molecule has 0 bridgehead atoms. The lowest BCUT2D eigenvalue weighted by Crippen LogP contribution is -2.50. The molecular weight excluding hydrogens is 598 g/mol. The molecule has 0 saturated carbocycles. The SMILES string of the molecule is Cn1cc(-c2nnc(SCC(=O)N3CCN(S(=O)(=O)c4ccc(-c5ccc6ccccc6c5)cc4)CC3)o2)c(C(F)F)n1. The highest BCUT2D eigenvalue weighted by Crippen LogP contribution is 2.31. The summed E-state index contributed by atoms with van der Waals surface area (Å²) in [6.07, 6.45) is -1.44. The van der Waals surface area contributed by atoms with Crippen molar-refractivity contribution in [1.29, 1.82) is 0 Å². The number of fused-ring (bicyclic) bond motifs is 1. The van der Waals surface area contributed by atoms with E-state index in [0.717, 1.165) is 33.7 Å². The monoisotopic (exact) mass is 624 g/mol. The molecule has 3 heterocycles. The van der Waals surface area contributed by atoms with Crippen molar-refractivity contribution in [3.05, 3.63) is 78.6 Å². The standard InChI is InChI=1S/C29H26F2N6O4S2/c1-35-17-24(26(34-35)27(30)31)28-32-33-29(41-28)42-18-25(38)36-12-14-37(15-13-36)43(39,40)23-10-8-20(9-11-23)22-7-6-19-4-2-3-5-21(19)16-22/h2-11,16-17,27H,12-15,18H2,1H3. The van der Waals surface area contributed by atoms with E-state index in [-0.39, 0.29) is 59.4 Å². The van der Waals surface area contributed by atoms with Gasteiger partial charge in [-0.15, -0.1) is 10.2 Å². The fraction of sp³-hybridized carbons (Fsp3) is 0.241. The third-order valence-corrected chi connectivity index (χ3v) is 9.90. The molecule has 0 atom stereocenters. The summed E-state index contributed by atoms with van der Waals surface area (Å²) >= 11 is 0.984. The fourth-order valence-electron chi connectivity index (χ4n) is 4.94. The molecule has 0 N–H and O–H groups in total. The minimum Gasteiger partial charge on any atom is -0.411 e. The topological polar surface area (TPSA) is 114 Å². The number of carbonyl (C=O) groups is 1. The normalized spacial score (nSPS) is 14.6. The van der Waals surface area contributed by atoms with Gasteiger partial charge in [-0.1, -0.05) is 60.3 Å². The second kappa shape index (κ2) is 11.9.